The largest absolute Gasteiger partial charge is 0.467 e. The minimum absolute atomic E-state index is 0.00820. The number of methoxy groups -OCH3 is 1. The monoisotopic (exact) mass is 322 g/mol. The van der Waals surface area contributed by atoms with E-state index in [0.717, 1.165) is 7.11 Å². The number of hydrogen-bond donors (Lipinski definition) is 1. The van der Waals surface area contributed by atoms with Gasteiger partial charge in [-0.1, -0.05) is 36.4 Å². The van der Waals surface area contributed by atoms with Gasteiger partial charge in [0.15, 0.2) is 6.10 Å². The zero-order valence-corrected chi connectivity index (χ0v) is 12.5. The van der Waals surface area contributed by atoms with E-state index in [1.165, 1.54) is 30.3 Å². The quantitative estimate of drug-likeness (QED) is 0.665. The summed E-state index contributed by atoms with van der Waals surface area (Å²) in [6, 6.07) is 13.4. The number of rotatable bonds is 5. The molecule has 0 radical (unpaired) electrons. The highest BCUT2D eigenvalue weighted by Crippen LogP contribution is 2.28. The minimum atomic E-state index is -4.07. The second kappa shape index (κ2) is 6.59. The van der Waals surface area contributed by atoms with Gasteiger partial charge in [0, 0.05) is 5.56 Å². The van der Waals surface area contributed by atoms with Gasteiger partial charge in [0.2, 0.25) is 0 Å². The van der Waals surface area contributed by atoms with E-state index in [-0.39, 0.29) is 16.2 Å². The molecule has 2 aromatic rings. The van der Waals surface area contributed by atoms with Crippen LogP contribution in [0.4, 0.5) is 0 Å². The topological polar surface area (TPSA) is 89.9 Å². The van der Waals surface area contributed by atoms with Crippen LogP contribution in [0.25, 0.3) is 0 Å². The SMILES string of the molecule is COC(=O)C(O)c1ccccc1OS(=O)(=O)c1ccccc1. The number of carbonyl (C=O) groups is 1. The molecule has 7 heteroatoms. The summed E-state index contributed by atoms with van der Waals surface area (Å²) in [7, 11) is -2.94. The molecular weight excluding hydrogens is 308 g/mol. The molecule has 1 atom stereocenters. The van der Waals surface area contributed by atoms with Gasteiger partial charge in [0.05, 0.1) is 7.11 Å². The van der Waals surface area contributed by atoms with Crippen LogP contribution in [0.1, 0.15) is 11.7 Å². The van der Waals surface area contributed by atoms with E-state index in [1.807, 2.05) is 0 Å². The molecule has 0 amide bonds. The number of ether oxygens (including phenoxy) is 1. The minimum Gasteiger partial charge on any atom is -0.467 e. The molecule has 0 saturated heterocycles. The van der Waals surface area contributed by atoms with Gasteiger partial charge < -0.3 is 14.0 Å². The molecule has 2 rings (SSSR count). The van der Waals surface area contributed by atoms with Gasteiger partial charge in [-0.25, -0.2) is 4.79 Å². The van der Waals surface area contributed by atoms with Gasteiger partial charge in [-0.15, -0.1) is 0 Å². The van der Waals surface area contributed by atoms with Crippen molar-refractivity contribution in [1.29, 1.82) is 0 Å². The normalized spacial score (nSPS) is 12.5. The zero-order chi connectivity index (χ0) is 16.2. The number of carbonyl (C=O) groups excluding carboxylic acids is 1. The Morgan fingerprint density at radius 2 is 1.64 bits per heavy atom. The molecular formula is C15H14O6S. The van der Waals surface area contributed by atoms with Crippen molar-refractivity contribution in [3.63, 3.8) is 0 Å². The summed E-state index contributed by atoms with van der Waals surface area (Å²) in [4.78, 5) is 11.4. The smallest absolute Gasteiger partial charge is 0.339 e. The van der Waals surface area contributed by atoms with Gasteiger partial charge in [0.1, 0.15) is 10.6 Å². The molecule has 1 unspecified atom stereocenters. The lowest BCUT2D eigenvalue weighted by atomic mass is 10.1. The molecule has 0 spiro atoms. The summed E-state index contributed by atoms with van der Waals surface area (Å²) in [5, 5.41) is 9.89. The molecule has 0 bridgehead atoms. The number of benzene rings is 2. The lowest BCUT2D eigenvalue weighted by Crippen LogP contribution is -2.16. The highest BCUT2D eigenvalue weighted by Gasteiger charge is 2.25. The molecule has 0 aliphatic heterocycles. The third-order valence-electron chi connectivity index (χ3n) is 2.87. The summed E-state index contributed by atoms with van der Waals surface area (Å²) in [6.45, 7) is 0. The van der Waals surface area contributed by atoms with Gasteiger partial charge >= 0.3 is 16.1 Å². The lowest BCUT2D eigenvalue weighted by Gasteiger charge is -2.14. The summed E-state index contributed by atoms with van der Waals surface area (Å²) in [5.41, 5.74) is 0.00820. The van der Waals surface area contributed by atoms with Crippen molar-refractivity contribution >= 4 is 16.1 Å². The van der Waals surface area contributed by atoms with Gasteiger partial charge in [-0.05, 0) is 18.2 Å². The fourth-order valence-electron chi connectivity index (χ4n) is 1.77. The van der Waals surface area contributed by atoms with Crippen molar-refractivity contribution in [3.05, 3.63) is 60.2 Å². The summed E-state index contributed by atoms with van der Waals surface area (Å²) < 4.78 is 33.9. The van der Waals surface area contributed by atoms with Crippen LogP contribution < -0.4 is 4.18 Å². The predicted octanol–water partition coefficient (Wildman–Crippen LogP) is 1.66. The molecule has 0 heterocycles. The molecule has 1 N–H and O–H groups in total. The Morgan fingerprint density at radius 1 is 1.05 bits per heavy atom. The van der Waals surface area contributed by atoms with Crippen molar-refractivity contribution in [2.24, 2.45) is 0 Å². The Kier molecular flexibility index (Phi) is 4.79. The van der Waals surface area contributed by atoms with Crippen LogP contribution in [-0.4, -0.2) is 26.6 Å². The van der Waals surface area contributed by atoms with E-state index < -0.39 is 22.2 Å². The maximum atomic E-state index is 12.2. The average molecular weight is 322 g/mol. The molecule has 0 aliphatic carbocycles. The molecule has 6 nitrogen and oxygen atoms in total. The van der Waals surface area contributed by atoms with Gasteiger partial charge in [-0.2, -0.15) is 8.42 Å². The number of aliphatic hydroxyl groups excluding tert-OH is 1. The van der Waals surface area contributed by atoms with E-state index >= 15 is 0 Å². The number of hydrogen-bond acceptors (Lipinski definition) is 6. The highest BCUT2D eigenvalue weighted by atomic mass is 32.2. The summed E-state index contributed by atoms with van der Waals surface area (Å²) >= 11 is 0. The fourth-order valence-corrected chi connectivity index (χ4v) is 2.75. The van der Waals surface area contributed by atoms with Crippen LogP contribution in [0.5, 0.6) is 5.75 Å². The number of para-hydroxylation sites is 1. The average Bonchev–Trinajstić information content (AvgIpc) is 2.54. The molecule has 0 aliphatic rings. The van der Waals surface area contributed by atoms with Crippen molar-refractivity contribution < 1.29 is 27.2 Å². The van der Waals surface area contributed by atoms with E-state index in [2.05, 4.69) is 4.74 Å². The molecule has 0 fully saturated rings. The van der Waals surface area contributed by atoms with Crippen molar-refractivity contribution in [2.75, 3.05) is 7.11 Å². The van der Waals surface area contributed by atoms with Gasteiger partial charge in [0.25, 0.3) is 0 Å². The van der Waals surface area contributed by atoms with Crippen LogP contribution in [0.15, 0.2) is 59.5 Å². The molecule has 22 heavy (non-hydrogen) atoms. The molecule has 116 valence electrons. The van der Waals surface area contributed by atoms with Crippen LogP contribution in [-0.2, 0) is 19.6 Å². The standard InChI is InChI=1S/C15H14O6S/c1-20-15(17)14(16)12-9-5-6-10-13(12)21-22(18,19)11-7-3-2-4-8-11/h2-10,14,16H,1H3. The first-order valence-electron chi connectivity index (χ1n) is 6.30. The Balaban J connectivity index is 2.37. The fraction of sp³-hybridized carbons (Fsp3) is 0.133. The maximum Gasteiger partial charge on any atom is 0.339 e. The van der Waals surface area contributed by atoms with Crippen LogP contribution in [0.2, 0.25) is 0 Å². The molecule has 0 saturated carbocycles. The number of esters is 1. The lowest BCUT2D eigenvalue weighted by molar-refractivity contribution is -0.150. The van der Waals surface area contributed by atoms with Crippen molar-refractivity contribution in [1.82, 2.24) is 0 Å². The molecule has 0 aromatic heterocycles. The van der Waals surface area contributed by atoms with E-state index in [9.17, 15) is 18.3 Å². The first-order chi connectivity index (χ1) is 10.5. The second-order valence-electron chi connectivity index (χ2n) is 4.31. The third-order valence-corrected chi connectivity index (χ3v) is 4.12. The Labute approximate surface area is 128 Å². The number of aliphatic hydroxyl groups is 1. The van der Waals surface area contributed by atoms with E-state index in [4.69, 9.17) is 4.18 Å². The Hall–Kier alpha value is -2.38. The predicted molar refractivity (Wildman–Crippen MR) is 77.7 cm³/mol. The maximum absolute atomic E-state index is 12.2. The summed E-state index contributed by atoms with van der Waals surface area (Å²) in [5.74, 6) is -1.04. The molecule has 2 aromatic carbocycles. The highest BCUT2D eigenvalue weighted by molar-refractivity contribution is 7.87. The zero-order valence-electron chi connectivity index (χ0n) is 11.7. The van der Waals surface area contributed by atoms with Crippen molar-refractivity contribution in [3.8, 4) is 5.75 Å². The first kappa shape index (κ1) is 16.0. The Bertz CT molecular complexity index is 755. The third kappa shape index (κ3) is 3.44. The van der Waals surface area contributed by atoms with E-state index in [0.29, 0.717) is 0 Å². The van der Waals surface area contributed by atoms with Crippen LogP contribution in [0.3, 0.4) is 0 Å². The van der Waals surface area contributed by atoms with E-state index in [1.54, 1.807) is 24.3 Å². The summed E-state index contributed by atoms with van der Waals surface area (Å²) in [6.07, 6.45) is -1.63. The van der Waals surface area contributed by atoms with Crippen LogP contribution >= 0.6 is 0 Å². The van der Waals surface area contributed by atoms with Crippen molar-refractivity contribution in [2.45, 2.75) is 11.0 Å². The van der Waals surface area contributed by atoms with Gasteiger partial charge in [-0.3, -0.25) is 0 Å². The van der Waals surface area contributed by atoms with Crippen LogP contribution in [0, 0.1) is 0 Å². The second-order valence-corrected chi connectivity index (χ2v) is 5.86. The Morgan fingerprint density at radius 3 is 2.27 bits per heavy atom. The first-order valence-corrected chi connectivity index (χ1v) is 7.71.